The van der Waals surface area contributed by atoms with Gasteiger partial charge < -0.3 is 15.3 Å². The summed E-state index contributed by atoms with van der Waals surface area (Å²) in [5.74, 6) is 0.0979. The van der Waals surface area contributed by atoms with Crippen molar-refractivity contribution in [3.8, 4) is 5.75 Å². The third kappa shape index (κ3) is 3.19. The van der Waals surface area contributed by atoms with Crippen molar-refractivity contribution >= 4 is 15.9 Å². The molecule has 0 aromatic heterocycles. The summed E-state index contributed by atoms with van der Waals surface area (Å²) in [5.41, 5.74) is 1.43. The van der Waals surface area contributed by atoms with Crippen LogP contribution >= 0.6 is 15.9 Å². The first-order valence-corrected chi connectivity index (χ1v) is 5.90. The first-order valence-electron chi connectivity index (χ1n) is 4.78. The standard InChI is InChI=1S/C11H15BrO3/c1-7-2-3-8(13)6-9(7)11(15)10(14)4-5-12/h2-3,6,10-11,13-15H,4-5H2,1H3. The summed E-state index contributed by atoms with van der Waals surface area (Å²) in [6.07, 6.45) is -1.30. The van der Waals surface area contributed by atoms with Crippen LogP contribution in [0.2, 0.25) is 0 Å². The number of aryl methyl sites for hydroxylation is 1. The van der Waals surface area contributed by atoms with E-state index in [1.807, 2.05) is 6.92 Å². The number of phenols is 1. The van der Waals surface area contributed by atoms with Crippen molar-refractivity contribution in [1.82, 2.24) is 0 Å². The Kier molecular flexibility index (Phi) is 4.57. The average Bonchev–Trinajstić information content (AvgIpc) is 2.21. The lowest BCUT2D eigenvalue weighted by Gasteiger charge is -2.19. The number of aliphatic hydroxyl groups is 2. The Morgan fingerprint density at radius 2 is 2.00 bits per heavy atom. The molecule has 2 unspecified atom stereocenters. The number of aromatic hydroxyl groups is 1. The van der Waals surface area contributed by atoms with E-state index in [0.717, 1.165) is 5.56 Å². The van der Waals surface area contributed by atoms with Crippen LogP contribution in [0.25, 0.3) is 0 Å². The van der Waals surface area contributed by atoms with Crippen LogP contribution in [0, 0.1) is 6.92 Å². The molecular formula is C11H15BrO3. The quantitative estimate of drug-likeness (QED) is 0.735. The van der Waals surface area contributed by atoms with E-state index in [9.17, 15) is 15.3 Å². The number of hydrogen-bond acceptors (Lipinski definition) is 3. The second kappa shape index (κ2) is 5.49. The fraction of sp³-hybridized carbons (Fsp3) is 0.455. The molecule has 3 N–H and O–H groups in total. The summed E-state index contributed by atoms with van der Waals surface area (Å²) in [5, 5.41) is 29.4. The predicted molar refractivity (Wildman–Crippen MR) is 62.2 cm³/mol. The molecule has 1 aromatic carbocycles. The molecule has 0 fully saturated rings. The maximum absolute atomic E-state index is 9.84. The number of rotatable bonds is 4. The molecule has 0 aliphatic heterocycles. The molecule has 0 radical (unpaired) electrons. The molecule has 2 atom stereocenters. The van der Waals surface area contributed by atoms with Crippen LogP contribution in [0.5, 0.6) is 5.75 Å². The molecule has 84 valence electrons. The van der Waals surface area contributed by atoms with E-state index in [1.54, 1.807) is 12.1 Å². The van der Waals surface area contributed by atoms with Gasteiger partial charge in [-0.05, 0) is 36.6 Å². The van der Waals surface area contributed by atoms with Gasteiger partial charge in [-0.3, -0.25) is 0 Å². The topological polar surface area (TPSA) is 60.7 Å². The summed E-state index contributed by atoms with van der Waals surface area (Å²) in [6.45, 7) is 1.83. The predicted octanol–water partition coefficient (Wildman–Crippen LogP) is 1.88. The molecule has 0 spiro atoms. The molecule has 1 rings (SSSR count). The minimum absolute atomic E-state index is 0.0979. The monoisotopic (exact) mass is 274 g/mol. The summed E-state index contributed by atoms with van der Waals surface area (Å²) >= 11 is 3.20. The third-order valence-electron chi connectivity index (χ3n) is 2.35. The maximum atomic E-state index is 9.84. The van der Waals surface area contributed by atoms with Crippen molar-refractivity contribution in [3.05, 3.63) is 29.3 Å². The van der Waals surface area contributed by atoms with E-state index < -0.39 is 12.2 Å². The van der Waals surface area contributed by atoms with E-state index in [-0.39, 0.29) is 5.75 Å². The maximum Gasteiger partial charge on any atom is 0.115 e. The zero-order valence-electron chi connectivity index (χ0n) is 8.52. The molecule has 3 nitrogen and oxygen atoms in total. The summed E-state index contributed by atoms with van der Waals surface area (Å²) in [7, 11) is 0. The average molecular weight is 275 g/mol. The van der Waals surface area contributed by atoms with Crippen LogP contribution in [0.3, 0.4) is 0 Å². The van der Waals surface area contributed by atoms with Crippen LogP contribution in [-0.4, -0.2) is 26.8 Å². The Labute approximate surface area is 97.5 Å². The van der Waals surface area contributed by atoms with E-state index >= 15 is 0 Å². The van der Waals surface area contributed by atoms with Gasteiger partial charge in [0, 0.05) is 5.33 Å². The molecule has 0 amide bonds. The van der Waals surface area contributed by atoms with E-state index in [4.69, 9.17) is 0 Å². The molecule has 0 saturated heterocycles. The molecule has 0 bridgehead atoms. The molecule has 1 aromatic rings. The van der Waals surface area contributed by atoms with Crippen LogP contribution in [0.15, 0.2) is 18.2 Å². The highest BCUT2D eigenvalue weighted by molar-refractivity contribution is 9.09. The largest absolute Gasteiger partial charge is 0.508 e. The zero-order valence-corrected chi connectivity index (χ0v) is 10.1. The van der Waals surface area contributed by atoms with Crippen molar-refractivity contribution in [1.29, 1.82) is 0 Å². The van der Waals surface area contributed by atoms with Gasteiger partial charge in [0.25, 0.3) is 0 Å². The molecule has 0 saturated carbocycles. The minimum Gasteiger partial charge on any atom is -0.508 e. The minimum atomic E-state index is -0.949. The Bertz CT molecular complexity index is 328. The molecule has 0 heterocycles. The number of alkyl halides is 1. The molecule has 15 heavy (non-hydrogen) atoms. The van der Waals surface area contributed by atoms with Crippen molar-refractivity contribution in [2.75, 3.05) is 5.33 Å². The first-order chi connectivity index (χ1) is 7.06. The van der Waals surface area contributed by atoms with E-state index in [0.29, 0.717) is 17.3 Å². The van der Waals surface area contributed by atoms with Crippen LogP contribution in [-0.2, 0) is 0 Å². The Morgan fingerprint density at radius 1 is 1.33 bits per heavy atom. The van der Waals surface area contributed by atoms with Crippen molar-refractivity contribution < 1.29 is 15.3 Å². The van der Waals surface area contributed by atoms with Gasteiger partial charge in [0.05, 0.1) is 6.10 Å². The van der Waals surface area contributed by atoms with Gasteiger partial charge >= 0.3 is 0 Å². The molecular weight excluding hydrogens is 260 g/mol. The van der Waals surface area contributed by atoms with Crippen LogP contribution in [0.4, 0.5) is 0 Å². The van der Waals surface area contributed by atoms with Gasteiger partial charge in [-0.25, -0.2) is 0 Å². The van der Waals surface area contributed by atoms with Gasteiger partial charge in [0.2, 0.25) is 0 Å². The lowest BCUT2D eigenvalue weighted by atomic mass is 9.98. The zero-order chi connectivity index (χ0) is 11.4. The SMILES string of the molecule is Cc1ccc(O)cc1C(O)C(O)CCBr. The Balaban J connectivity index is 2.89. The number of phenolic OH excluding ortho intramolecular Hbond substituents is 1. The molecule has 0 aliphatic carbocycles. The van der Waals surface area contributed by atoms with E-state index in [2.05, 4.69) is 15.9 Å². The number of benzene rings is 1. The molecule has 4 heteroatoms. The third-order valence-corrected chi connectivity index (χ3v) is 2.81. The summed E-state index contributed by atoms with van der Waals surface area (Å²) in [4.78, 5) is 0. The fourth-order valence-electron chi connectivity index (χ4n) is 1.42. The Morgan fingerprint density at radius 3 is 2.60 bits per heavy atom. The number of aliphatic hydroxyl groups excluding tert-OH is 2. The van der Waals surface area contributed by atoms with E-state index in [1.165, 1.54) is 6.07 Å². The highest BCUT2D eigenvalue weighted by Crippen LogP contribution is 2.26. The molecule has 0 aliphatic rings. The lowest BCUT2D eigenvalue weighted by molar-refractivity contribution is 0.0169. The Hall–Kier alpha value is -0.580. The van der Waals surface area contributed by atoms with Crippen molar-refractivity contribution in [2.24, 2.45) is 0 Å². The van der Waals surface area contributed by atoms with Crippen LogP contribution in [0.1, 0.15) is 23.7 Å². The highest BCUT2D eigenvalue weighted by Gasteiger charge is 2.19. The van der Waals surface area contributed by atoms with Crippen LogP contribution < -0.4 is 0 Å². The summed E-state index contributed by atoms with van der Waals surface area (Å²) in [6, 6.07) is 4.76. The fourth-order valence-corrected chi connectivity index (χ4v) is 1.89. The second-order valence-corrected chi connectivity index (χ2v) is 4.32. The number of halogens is 1. The first kappa shape index (κ1) is 12.5. The normalized spacial score (nSPS) is 14.9. The van der Waals surface area contributed by atoms with Gasteiger partial charge in [-0.15, -0.1) is 0 Å². The van der Waals surface area contributed by atoms with Gasteiger partial charge in [-0.1, -0.05) is 22.0 Å². The van der Waals surface area contributed by atoms with Gasteiger partial charge in [0.1, 0.15) is 11.9 Å². The smallest absolute Gasteiger partial charge is 0.115 e. The van der Waals surface area contributed by atoms with Crippen molar-refractivity contribution in [2.45, 2.75) is 25.6 Å². The number of hydrogen-bond donors (Lipinski definition) is 3. The highest BCUT2D eigenvalue weighted by atomic mass is 79.9. The van der Waals surface area contributed by atoms with Gasteiger partial charge in [0.15, 0.2) is 0 Å². The van der Waals surface area contributed by atoms with Crippen molar-refractivity contribution in [3.63, 3.8) is 0 Å². The second-order valence-electron chi connectivity index (χ2n) is 3.53. The van der Waals surface area contributed by atoms with Gasteiger partial charge in [-0.2, -0.15) is 0 Å². The summed E-state index contributed by atoms with van der Waals surface area (Å²) < 4.78 is 0. The lowest BCUT2D eigenvalue weighted by Crippen LogP contribution is -2.19.